The molecule has 0 N–H and O–H groups in total. The van der Waals surface area contributed by atoms with Crippen molar-refractivity contribution in [3.05, 3.63) is 0 Å². The highest BCUT2D eigenvalue weighted by atomic mass is 16.6. The van der Waals surface area contributed by atoms with Crippen molar-refractivity contribution in [1.29, 1.82) is 0 Å². The third-order valence-corrected chi connectivity index (χ3v) is 5.67. The monoisotopic (exact) mass is 279 g/mol. The average Bonchev–Trinajstić information content (AvgIpc) is 3.09. The Hall–Kier alpha value is -1.26. The van der Waals surface area contributed by atoms with Crippen LogP contribution in [0.2, 0.25) is 0 Å². The van der Waals surface area contributed by atoms with E-state index in [-0.39, 0.29) is 30.0 Å². The van der Waals surface area contributed by atoms with Gasteiger partial charge in [0.2, 0.25) is 0 Å². The van der Waals surface area contributed by atoms with Gasteiger partial charge in [0.05, 0.1) is 12.5 Å². The molecule has 110 valence electrons. The zero-order valence-corrected chi connectivity index (χ0v) is 11.6. The van der Waals surface area contributed by atoms with E-state index in [1.165, 1.54) is 6.42 Å². The Kier molecular flexibility index (Phi) is 2.89. The molecule has 4 rings (SSSR count). The van der Waals surface area contributed by atoms with Gasteiger partial charge in [0, 0.05) is 24.9 Å². The second kappa shape index (κ2) is 4.64. The second-order valence-corrected chi connectivity index (χ2v) is 6.69. The number of esters is 1. The number of carbonyl (C=O) groups excluding carboxylic acids is 2. The fraction of sp³-hybridized carbons (Fsp3) is 0.867. The zero-order valence-electron chi connectivity index (χ0n) is 11.6. The predicted molar refractivity (Wildman–Crippen MR) is 69.8 cm³/mol. The number of hydrogen-bond donors (Lipinski definition) is 0. The predicted octanol–water partition coefficient (Wildman–Crippen LogP) is 1.81. The lowest BCUT2D eigenvalue weighted by Gasteiger charge is -2.29. The highest BCUT2D eigenvalue weighted by Crippen LogP contribution is 2.57. The third-order valence-electron chi connectivity index (χ3n) is 5.67. The van der Waals surface area contributed by atoms with Crippen LogP contribution >= 0.6 is 0 Å². The molecular weight excluding hydrogens is 258 g/mol. The molecule has 0 aromatic heterocycles. The summed E-state index contributed by atoms with van der Waals surface area (Å²) in [6.45, 7) is 2.05. The van der Waals surface area contributed by atoms with Crippen LogP contribution in [-0.2, 0) is 14.3 Å². The number of nitrogens with zero attached hydrogens (tertiary/aromatic N) is 1. The number of hydrogen-bond acceptors (Lipinski definition) is 4. The fourth-order valence-corrected chi connectivity index (χ4v) is 4.64. The summed E-state index contributed by atoms with van der Waals surface area (Å²) >= 11 is 0. The van der Waals surface area contributed by atoms with Crippen LogP contribution in [0.4, 0.5) is 4.79 Å². The molecule has 1 amide bonds. The average molecular weight is 279 g/mol. The van der Waals surface area contributed by atoms with Gasteiger partial charge in [-0.05, 0) is 38.0 Å². The summed E-state index contributed by atoms with van der Waals surface area (Å²) in [6, 6.07) is 0. The first-order valence-corrected chi connectivity index (χ1v) is 7.86. The second-order valence-electron chi connectivity index (χ2n) is 6.69. The zero-order chi connectivity index (χ0) is 13.7. The van der Waals surface area contributed by atoms with Crippen LogP contribution in [-0.4, -0.2) is 42.8 Å². The van der Waals surface area contributed by atoms with Gasteiger partial charge >= 0.3 is 12.1 Å². The Morgan fingerprint density at radius 3 is 2.85 bits per heavy atom. The van der Waals surface area contributed by atoms with Gasteiger partial charge in [0.1, 0.15) is 6.10 Å². The number of ether oxygens (including phenoxy) is 2. The van der Waals surface area contributed by atoms with E-state index in [0.717, 1.165) is 38.8 Å². The van der Waals surface area contributed by atoms with Crippen molar-refractivity contribution in [3.8, 4) is 0 Å². The molecule has 2 saturated carbocycles. The van der Waals surface area contributed by atoms with E-state index in [0.29, 0.717) is 18.4 Å². The Labute approximate surface area is 118 Å². The summed E-state index contributed by atoms with van der Waals surface area (Å²) in [5.41, 5.74) is 0. The molecule has 20 heavy (non-hydrogen) atoms. The maximum atomic E-state index is 12.0. The van der Waals surface area contributed by atoms with Crippen molar-refractivity contribution in [2.75, 3.05) is 19.7 Å². The number of fused-ring (bicyclic) bond motifs is 1. The van der Waals surface area contributed by atoms with Gasteiger partial charge in [0.25, 0.3) is 0 Å². The van der Waals surface area contributed by atoms with Crippen LogP contribution < -0.4 is 0 Å². The smallest absolute Gasteiger partial charge is 0.409 e. The molecule has 2 aliphatic carbocycles. The SMILES string of the molecule is O=C1OC2C(COC(=O)N3CCCCC3)C3CC1C2C3. The minimum absolute atomic E-state index is 0.0143. The first-order valence-electron chi connectivity index (χ1n) is 7.86. The molecule has 0 aromatic carbocycles. The number of likely N-dealkylation sites (tertiary alicyclic amines) is 1. The Bertz CT molecular complexity index is 432. The molecular formula is C15H21NO4. The van der Waals surface area contributed by atoms with Crippen molar-refractivity contribution in [1.82, 2.24) is 4.90 Å². The van der Waals surface area contributed by atoms with Gasteiger partial charge in [-0.3, -0.25) is 4.79 Å². The molecule has 4 fully saturated rings. The van der Waals surface area contributed by atoms with Crippen molar-refractivity contribution in [2.45, 2.75) is 38.2 Å². The number of amides is 1. The molecule has 5 unspecified atom stereocenters. The van der Waals surface area contributed by atoms with Gasteiger partial charge in [-0.1, -0.05) is 0 Å². The first kappa shape index (κ1) is 12.5. The topological polar surface area (TPSA) is 55.8 Å². The first-order chi connectivity index (χ1) is 9.74. The molecule has 0 radical (unpaired) electrons. The van der Waals surface area contributed by atoms with E-state index in [2.05, 4.69) is 0 Å². The highest BCUT2D eigenvalue weighted by Gasteiger charge is 2.61. The maximum absolute atomic E-state index is 12.0. The lowest BCUT2D eigenvalue weighted by Crippen LogP contribution is -2.38. The lowest BCUT2D eigenvalue weighted by atomic mass is 9.83. The molecule has 4 aliphatic rings. The fourth-order valence-electron chi connectivity index (χ4n) is 4.64. The van der Waals surface area contributed by atoms with Crippen LogP contribution in [0.15, 0.2) is 0 Å². The number of piperidine rings is 1. The highest BCUT2D eigenvalue weighted by molar-refractivity contribution is 5.76. The van der Waals surface area contributed by atoms with Crippen LogP contribution in [0.25, 0.3) is 0 Å². The van der Waals surface area contributed by atoms with E-state index in [4.69, 9.17) is 9.47 Å². The normalized spacial score (nSPS) is 41.9. The molecule has 2 aliphatic heterocycles. The molecule has 5 heteroatoms. The Morgan fingerprint density at radius 1 is 1.25 bits per heavy atom. The third kappa shape index (κ3) is 1.82. The van der Waals surface area contributed by atoms with E-state index >= 15 is 0 Å². The van der Waals surface area contributed by atoms with Gasteiger partial charge in [0.15, 0.2) is 0 Å². The Morgan fingerprint density at radius 2 is 2.05 bits per heavy atom. The van der Waals surface area contributed by atoms with E-state index in [1.807, 2.05) is 0 Å². The van der Waals surface area contributed by atoms with Crippen molar-refractivity contribution in [2.24, 2.45) is 23.7 Å². The summed E-state index contributed by atoms with van der Waals surface area (Å²) < 4.78 is 11.0. The Balaban J connectivity index is 1.34. The molecule has 2 bridgehead atoms. The molecule has 5 nitrogen and oxygen atoms in total. The quantitative estimate of drug-likeness (QED) is 0.723. The molecule has 0 spiro atoms. The lowest BCUT2D eigenvalue weighted by molar-refractivity contribution is -0.144. The van der Waals surface area contributed by atoms with E-state index in [9.17, 15) is 9.59 Å². The largest absolute Gasteiger partial charge is 0.461 e. The van der Waals surface area contributed by atoms with E-state index in [1.54, 1.807) is 4.90 Å². The van der Waals surface area contributed by atoms with Crippen LogP contribution in [0.5, 0.6) is 0 Å². The molecule has 0 aromatic rings. The standard InChI is InChI=1S/C15H21NO4/c17-14-11-7-9-6-10(11)13(20-14)12(9)8-19-15(18)16-4-2-1-3-5-16/h9-13H,1-8H2. The minimum atomic E-state index is -0.187. The van der Waals surface area contributed by atoms with E-state index < -0.39 is 0 Å². The number of carbonyl (C=O) groups is 2. The molecule has 5 atom stereocenters. The summed E-state index contributed by atoms with van der Waals surface area (Å²) in [5, 5.41) is 0. The van der Waals surface area contributed by atoms with Crippen LogP contribution in [0.1, 0.15) is 32.1 Å². The van der Waals surface area contributed by atoms with Gasteiger partial charge in [-0.25, -0.2) is 4.79 Å². The summed E-state index contributed by atoms with van der Waals surface area (Å²) in [5.74, 6) is 1.25. The summed E-state index contributed by atoms with van der Waals surface area (Å²) in [7, 11) is 0. The van der Waals surface area contributed by atoms with Gasteiger partial charge in [-0.15, -0.1) is 0 Å². The summed E-state index contributed by atoms with van der Waals surface area (Å²) in [6.07, 6.45) is 5.19. The van der Waals surface area contributed by atoms with Crippen molar-refractivity contribution in [3.63, 3.8) is 0 Å². The van der Waals surface area contributed by atoms with Crippen LogP contribution in [0, 0.1) is 23.7 Å². The van der Waals surface area contributed by atoms with Crippen molar-refractivity contribution < 1.29 is 19.1 Å². The molecule has 2 saturated heterocycles. The van der Waals surface area contributed by atoms with Crippen molar-refractivity contribution >= 4 is 12.1 Å². The van der Waals surface area contributed by atoms with Gasteiger partial charge in [-0.2, -0.15) is 0 Å². The summed E-state index contributed by atoms with van der Waals surface area (Å²) in [4.78, 5) is 25.5. The van der Waals surface area contributed by atoms with Gasteiger partial charge < -0.3 is 14.4 Å². The maximum Gasteiger partial charge on any atom is 0.409 e. The number of rotatable bonds is 2. The van der Waals surface area contributed by atoms with Crippen LogP contribution in [0.3, 0.4) is 0 Å². The molecule has 2 heterocycles. The minimum Gasteiger partial charge on any atom is -0.461 e.